The van der Waals surface area contributed by atoms with Crippen LogP contribution in [0.25, 0.3) is 0 Å². The Bertz CT molecular complexity index is 975. The fourth-order valence-corrected chi connectivity index (χ4v) is 10.9. The molecule has 1 rings (SSSR count). The van der Waals surface area contributed by atoms with E-state index in [0.29, 0.717) is 0 Å². The van der Waals surface area contributed by atoms with Gasteiger partial charge in [-0.15, -0.1) is 0 Å². The molecule has 0 aliphatic carbocycles. The van der Waals surface area contributed by atoms with Gasteiger partial charge in [0.25, 0.3) is 0 Å². The Morgan fingerprint density at radius 2 is 0.369 bits per heavy atom. The van der Waals surface area contributed by atoms with Gasteiger partial charge >= 0.3 is 0 Å². The summed E-state index contributed by atoms with van der Waals surface area (Å²) < 4.78 is 0. The smallest absolute Gasteiger partial charge is 0.0273 e. The van der Waals surface area contributed by atoms with Gasteiger partial charge in [0.15, 0.2) is 0 Å². The summed E-state index contributed by atoms with van der Waals surface area (Å²) in [7, 11) is 0. The average Bonchev–Trinajstić information content (AvgIpc) is 3.32. The number of unbranched alkanes of at least 4 members (excludes halogenated alkanes) is 48. The average molecular weight is 906 g/mol. The number of rotatable bonds is 55. The van der Waals surface area contributed by atoms with Gasteiger partial charge in [-0.3, -0.25) is 0 Å². The second-order valence-electron chi connectivity index (χ2n) is 22.0. The van der Waals surface area contributed by atoms with Gasteiger partial charge in [-0.1, -0.05) is 348 Å². The van der Waals surface area contributed by atoms with E-state index in [-0.39, 0.29) is 0 Å². The fraction of sp³-hybridized carbons (Fsp3) is 0.908. The van der Waals surface area contributed by atoms with Gasteiger partial charge in [-0.2, -0.15) is 0 Å². The lowest BCUT2D eigenvalue weighted by atomic mass is 9.87. The normalized spacial score (nSPS) is 11.7. The highest BCUT2D eigenvalue weighted by atomic mass is 14.2. The highest BCUT2D eigenvalue weighted by molar-refractivity contribution is 5.40. The van der Waals surface area contributed by atoms with Crippen molar-refractivity contribution in [3.8, 4) is 0 Å². The summed E-state index contributed by atoms with van der Waals surface area (Å²) in [4.78, 5) is 0. The highest BCUT2D eigenvalue weighted by Crippen LogP contribution is 2.27. The van der Waals surface area contributed by atoms with E-state index in [2.05, 4.69) is 39.8 Å². The van der Waals surface area contributed by atoms with Crippen molar-refractivity contribution < 1.29 is 0 Å². The molecule has 0 heteroatoms. The van der Waals surface area contributed by atoms with Crippen molar-refractivity contribution in [2.24, 2.45) is 0 Å². The molecule has 0 bridgehead atoms. The molecule has 384 valence electrons. The Kier molecular flexibility index (Phi) is 50.4. The van der Waals surface area contributed by atoms with Gasteiger partial charge in [0, 0.05) is 0 Å². The van der Waals surface area contributed by atoms with Crippen LogP contribution < -0.4 is 0 Å². The molecule has 0 atom stereocenters. The number of benzene rings is 1. The SMILES string of the molecule is CCCCCCCCCCCCCCCCCCCc1cc(CC)cc(CCCCCCCCCCCCCCCCCCC)c1CCCCCCCCCCCCCCCCCCC. The van der Waals surface area contributed by atoms with Crippen LogP contribution in [0.3, 0.4) is 0 Å². The lowest BCUT2D eigenvalue weighted by molar-refractivity contribution is 0.525. The van der Waals surface area contributed by atoms with Crippen LogP contribution in [0.2, 0.25) is 0 Å². The van der Waals surface area contributed by atoms with Crippen LogP contribution in [0.4, 0.5) is 0 Å². The molecule has 0 heterocycles. The zero-order valence-electron chi connectivity index (χ0n) is 46.0. The van der Waals surface area contributed by atoms with Gasteiger partial charge < -0.3 is 0 Å². The first-order valence-electron chi connectivity index (χ1n) is 31.4. The third-order valence-corrected chi connectivity index (χ3v) is 15.5. The molecular formula is C65H124. The molecule has 1 aromatic carbocycles. The summed E-state index contributed by atoms with van der Waals surface area (Å²) in [5.74, 6) is 0. The first kappa shape index (κ1) is 62.2. The van der Waals surface area contributed by atoms with Gasteiger partial charge in [-0.05, 0) is 67.2 Å². The first-order chi connectivity index (χ1) is 32.3. The molecule has 0 aliphatic rings. The fourth-order valence-electron chi connectivity index (χ4n) is 10.9. The van der Waals surface area contributed by atoms with Gasteiger partial charge in [-0.25, -0.2) is 0 Å². The van der Waals surface area contributed by atoms with Gasteiger partial charge in [0.1, 0.15) is 0 Å². The Morgan fingerprint density at radius 3 is 0.554 bits per heavy atom. The van der Waals surface area contributed by atoms with E-state index in [9.17, 15) is 0 Å². The van der Waals surface area contributed by atoms with Crippen LogP contribution >= 0.6 is 0 Å². The lowest BCUT2D eigenvalue weighted by Crippen LogP contribution is -2.04. The number of hydrogen-bond donors (Lipinski definition) is 0. The maximum Gasteiger partial charge on any atom is -0.0273 e. The Morgan fingerprint density at radius 1 is 0.200 bits per heavy atom. The molecule has 0 saturated heterocycles. The predicted octanol–water partition coefficient (Wildman–Crippen LogP) is 23.8. The van der Waals surface area contributed by atoms with Crippen LogP contribution in [-0.4, -0.2) is 0 Å². The zero-order valence-corrected chi connectivity index (χ0v) is 46.0. The Labute approximate surface area is 413 Å². The maximum absolute atomic E-state index is 2.66. The van der Waals surface area contributed by atoms with Crippen molar-refractivity contribution >= 4 is 0 Å². The largest absolute Gasteiger partial charge is 0.0654 e. The van der Waals surface area contributed by atoms with E-state index >= 15 is 0 Å². The van der Waals surface area contributed by atoms with Gasteiger partial charge in [0.2, 0.25) is 0 Å². The number of hydrogen-bond acceptors (Lipinski definition) is 0. The van der Waals surface area contributed by atoms with Crippen LogP contribution in [0.15, 0.2) is 12.1 Å². The molecule has 0 saturated carbocycles. The highest BCUT2D eigenvalue weighted by Gasteiger charge is 2.12. The van der Waals surface area contributed by atoms with Crippen LogP contribution in [0.1, 0.15) is 377 Å². The molecule has 0 unspecified atom stereocenters. The van der Waals surface area contributed by atoms with Gasteiger partial charge in [0.05, 0.1) is 0 Å². The standard InChI is InChI=1S/C65H124/c1-5-9-12-15-18-21-24-27-30-33-36-39-42-45-48-51-54-57-63-60-62(8-4)61-64(58-55-52-49-46-43-40-37-34-31-28-25-22-19-16-13-10-6-2)65(63)59-56-53-50-47-44-41-38-35-32-29-26-23-20-17-14-11-7-3/h60-61H,5-59H2,1-4H3. The van der Waals surface area contributed by atoms with E-state index < -0.39 is 0 Å². The summed E-state index contributed by atoms with van der Waals surface area (Å²) >= 11 is 0. The zero-order chi connectivity index (χ0) is 46.6. The molecule has 0 radical (unpaired) electrons. The summed E-state index contributed by atoms with van der Waals surface area (Å²) in [6.07, 6.45) is 79.6. The van der Waals surface area contributed by atoms with Crippen LogP contribution in [0, 0.1) is 0 Å². The minimum Gasteiger partial charge on any atom is -0.0654 e. The van der Waals surface area contributed by atoms with E-state index in [1.807, 2.05) is 0 Å². The molecule has 0 N–H and O–H groups in total. The van der Waals surface area contributed by atoms with Crippen LogP contribution in [0.5, 0.6) is 0 Å². The van der Waals surface area contributed by atoms with E-state index in [4.69, 9.17) is 0 Å². The summed E-state index contributed by atoms with van der Waals surface area (Å²) in [6.45, 7) is 9.36. The van der Waals surface area contributed by atoms with Crippen molar-refractivity contribution in [2.45, 2.75) is 381 Å². The van der Waals surface area contributed by atoms with E-state index in [1.165, 1.54) is 353 Å². The third-order valence-electron chi connectivity index (χ3n) is 15.5. The molecule has 0 spiro atoms. The minimum absolute atomic E-state index is 1.19. The molecular weight excluding hydrogens is 781 g/mol. The monoisotopic (exact) mass is 905 g/mol. The van der Waals surface area contributed by atoms with Crippen molar-refractivity contribution in [1.29, 1.82) is 0 Å². The Hall–Kier alpha value is -0.780. The lowest BCUT2D eigenvalue weighted by Gasteiger charge is -2.18. The van der Waals surface area contributed by atoms with Crippen molar-refractivity contribution in [1.82, 2.24) is 0 Å². The second kappa shape index (κ2) is 52.6. The maximum atomic E-state index is 2.66. The molecule has 0 fully saturated rings. The summed E-state index contributed by atoms with van der Waals surface area (Å²) in [5, 5.41) is 0. The summed E-state index contributed by atoms with van der Waals surface area (Å²) in [5.41, 5.74) is 6.92. The van der Waals surface area contributed by atoms with Crippen molar-refractivity contribution in [3.05, 3.63) is 34.4 Å². The van der Waals surface area contributed by atoms with E-state index in [1.54, 1.807) is 22.3 Å². The molecule has 0 aromatic heterocycles. The quantitative estimate of drug-likeness (QED) is 0.0572. The molecule has 0 amide bonds. The topological polar surface area (TPSA) is 0 Å². The third kappa shape index (κ3) is 43.0. The molecule has 0 aliphatic heterocycles. The van der Waals surface area contributed by atoms with Crippen molar-refractivity contribution in [3.63, 3.8) is 0 Å². The number of aryl methyl sites for hydroxylation is 3. The van der Waals surface area contributed by atoms with Crippen molar-refractivity contribution in [2.75, 3.05) is 0 Å². The molecule has 0 nitrogen and oxygen atoms in total. The van der Waals surface area contributed by atoms with E-state index in [0.717, 1.165) is 0 Å². The van der Waals surface area contributed by atoms with Crippen LogP contribution in [-0.2, 0) is 25.7 Å². The second-order valence-corrected chi connectivity index (χ2v) is 22.0. The minimum atomic E-state index is 1.19. The predicted molar refractivity (Wildman–Crippen MR) is 299 cm³/mol. The Balaban J connectivity index is 2.40. The summed E-state index contributed by atoms with van der Waals surface area (Å²) in [6, 6.07) is 5.32. The molecule has 1 aromatic rings. The first-order valence-corrected chi connectivity index (χ1v) is 31.4. The molecule has 65 heavy (non-hydrogen) atoms.